The Morgan fingerprint density at radius 2 is 2.00 bits per heavy atom. The number of fused-ring (bicyclic) bond motifs is 2. The van der Waals surface area contributed by atoms with Crippen LogP contribution in [0, 0.1) is 0 Å². The molecule has 5 rings (SSSR count). The van der Waals surface area contributed by atoms with Gasteiger partial charge in [0.2, 0.25) is 12.4 Å². The summed E-state index contributed by atoms with van der Waals surface area (Å²) in [6.45, 7) is 3.18. The van der Waals surface area contributed by atoms with Crippen LogP contribution >= 0.6 is 0 Å². The van der Waals surface area contributed by atoms with Crippen molar-refractivity contribution in [1.82, 2.24) is 4.90 Å². The number of hydrogen-bond donors (Lipinski definition) is 0. The maximum absolute atomic E-state index is 13.2. The van der Waals surface area contributed by atoms with E-state index in [9.17, 15) is 4.79 Å². The van der Waals surface area contributed by atoms with Crippen LogP contribution in [0.1, 0.15) is 24.9 Å². The molecule has 0 saturated carbocycles. The van der Waals surface area contributed by atoms with Gasteiger partial charge in [0.25, 0.3) is 5.91 Å². The zero-order valence-electron chi connectivity index (χ0n) is 15.1. The normalized spacial score (nSPS) is 26.5. The average molecular weight is 367 g/mol. The quantitative estimate of drug-likeness (QED) is 0.761. The van der Waals surface area contributed by atoms with Crippen LogP contribution in [0.4, 0.5) is 0 Å². The molecule has 2 aromatic carbocycles. The van der Waals surface area contributed by atoms with Crippen molar-refractivity contribution in [2.24, 2.45) is 0 Å². The Balaban J connectivity index is 1.30. The molecule has 0 N–H and O–H groups in total. The summed E-state index contributed by atoms with van der Waals surface area (Å²) in [5.74, 6) is 2.02. The fourth-order valence-electron chi connectivity index (χ4n) is 3.93. The molecule has 0 spiro atoms. The number of rotatable bonds is 5. The van der Waals surface area contributed by atoms with Crippen LogP contribution in [0.3, 0.4) is 0 Å². The number of epoxide rings is 1. The predicted molar refractivity (Wildman–Crippen MR) is 96.9 cm³/mol. The zero-order chi connectivity index (χ0) is 18.4. The summed E-state index contributed by atoms with van der Waals surface area (Å²) >= 11 is 0. The highest BCUT2D eigenvalue weighted by molar-refractivity contribution is 5.90. The van der Waals surface area contributed by atoms with Gasteiger partial charge in [0.05, 0.1) is 6.04 Å². The molecule has 0 radical (unpaired) electrons. The molecule has 2 fully saturated rings. The Kier molecular flexibility index (Phi) is 3.75. The van der Waals surface area contributed by atoms with Gasteiger partial charge < -0.3 is 23.8 Å². The fraction of sp³-hybridized carbons (Fsp3) is 0.381. The second-order valence-corrected chi connectivity index (χ2v) is 7.17. The Morgan fingerprint density at radius 3 is 2.85 bits per heavy atom. The van der Waals surface area contributed by atoms with E-state index < -0.39 is 5.60 Å². The van der Waals surface area contributed by atoms with E-state index in [4.69, 9.17) is 18.9 Å². The minimum atomic E-state index is -0.863. The molecule has 3 atom stereocenters. The molecule has 0 aliphatic carbocycles. The lowest BCUT2D eigenvalue weighted by atomic mass is 9.94. The highest BCUT2D eigenvalue weighted by Gasteiger charge is 2.67. The highest BCUT2D eigenvalue weighted by Crippen LogP contribution is 2.46. The third kappa shape index (κ3) is 2.72. The summed E-state index contributed by atoms with van der Waals surface area (Å²) in [7, 11) is 0. The fourth-order valence-corrected chi connectivity index (χ4v) is 3.93. The molecule has 3 aliphatic rings. The minimum absolute atomic E-state index is 0.00580. The van der Waals surface area contributed by atoms with Gasteiger partial charge in [-0.1, -0.05) is 30.3 Å². The maximum atomic E-state index is 13.2. The number of benzene rings is 2. The zero-order valence-corrected chi connectivity index (χ0v) is 15.1. The number of carbonyl (C=O) groups is 1. The van der Waals surface area contributed by atoms with Crippen LogP contribution in [0.2, 0.25) is 0 Å². The summed E-state index contributed by atoms with van der Waals surface area (Å²) < 4.78 is 22.4. The van der Waals surface area contributed by atoms with Crippen molar-refractivity contribution in [1.29, 1.82) is 0 Å². The number of ether oxygens (including phenoxy) is 4. The first-order valence-corrected chi connectivity index (χ1v) is 9.24. The van der Waals surface area contributed by atoms with Gasteiger partial charge in [0.15, 0.2) is 11.5 Å². The van der Waals surface area contributed by atoms with E-state index in [0.717, 1.165) is 12.0 Å². The predicted octanol–water partition coefficient (Wildman–Crippen LogP) is 2.93. The third-order valence-electron chi connectivity index (χ3n) is 5.62. The molecule has 2 aromatic rings. The van der Waals surface area contributed by atoms with E-state index in [0.29, 0.717) is 23.8 Å². The van der Waals surface area contributed by atoms with Gasteiger partial charge in [0.1, 0.15) is 18.5 Å². The molecule has 2 saturated heterocycles. The van der Waals surface area contributed by atoms with E-state index in [1.807, 2.05) is 47.4 Å². The second kappa shape index (κ2) is 6.16. The van der Waals surface area contributed by atoms with Crippen molar-refractivity contribution >= 4 is 5.91 Å². The number of amides is 1. The first-order chi connectivity index (χ1) is 13.2. The lowest BCUT2D eigenvalue weighted by molar-refractivity contribution is -0.141. The highest BCUT2D eigenvalue weighted by atomic mass is 16.7. The molecule has 0 bridgehead atoms. The molecular formula is C21H21NO5. The molecular weight excluding hydrogens is 346 g/mol. The Labute approximate surface area is 157 Å². The van der Waals surface area contributed by atoms with Crippen molar-refractivity contribution in [3.8, 4) is 17.2 Å². The topological polar surface area (TPSA) is 60.5 Å². The summed E-state index contributed by atoms with van der Waals surface area (Å²) in [5, 5.41) is 0. The molecule has 0 unspecified atom stereocenters. The van der Waals surface area contributed by atoms with Crippen LogP contribution in [0.15, 0.2) is 48.5 Å². The van der Waals surface area contributed by atoms with Crippen molar-refractivity contribution in [2.45, 2.75) is 31.1 Å². The van der Waals surface area contributed by atoms with Crippen molar-refractivity contribution in [3.05, 3.63) is 54.1 Å². The van der Waals surface area contributed by atoms with Crippen LogP contribution in [-0.4, -0.2) is 42.5 Å². The molecule has 6 heteroatoms. The van der Waals surface area contributed by atoms with Crippen LogP contribution in [-0.2, 0) is 9.53 Å². The van der Waals surface area contributed by atoms with Crippen molar-refractivity contribution < 1.29 is 23.7 Å². The largest absolute Gasteiger partial charge is 0.490 e. The first kappa shape index (κ1) is 16.4. The molecule has 140 valence electrons. The number of likely N-dealkylation sites (tertiary alicyclic amines) is 1. The van der Waals surface area contributed by atoms with Gasteiger partial charge in [-0.15, -0.1) is 0 Å². The van der Waals surface area contributed by atoms with E-state index in [1.54, 1.807) is 6.07 Å². The van der Waals surface area contributed by atoms with E-state index >= 15 is 0 Å². The summed E-state index contributed by atoms with van der Waals surface area (Å²) in [6.07, 6.45) is 0.770. The Bertz CT molecular complexity index is 870. The van der Waals surface area contributed by atoms with Gasteiger partial charge in [0, 0.05) is 12.6 Å². The lowest BCUT2D eigenvalue weighted by Crippen LogP contribution is -2.51. The Hall–Kier alpha value is -2.73. The van der Waals surface area contributed by atoms with Crippen molar-refractivity contribution in [2.75, 3.05) is 19.9 Å². The second-order valence-electron chi connectivity index (χ2n) is 7.17. The average Bonchev–Trinajstić information content (AvgIpc) is 3.26. The van der Waals surface area contributed by atoms with Gasteiger partial charge in [-0.3, -0.25) is 4.79 Å². The minimum Gasteiger partial charge on any atom is -0.490 e. The van der Waals surface area contributed by atoms with Gasteiger partial charge in [-0.05, 0) is 31.0 Å². The van der Waals surface area contributed by atoms with E-state index in [-0.39, 0.29) is 31.5 Å². The SMILES string of the molecule is C[C@@H](c1ccccc1)N1CC[C@H]2O[C@@]2(COc2ccc3c(c2)OCO3)C1=O. The molecule has 0 aromatic heterocycles. The molecule has 3 heterocycles. The van der Waals surface area contributed by atoms with Crippen molar-refractivity contribution in [3.63, 3.8) is 0 Å². The number of piperidine rings is 1. The summed E-state index contributed by atoms with van der Waals surface area (Å²) in [4.78, 5) is 15.1. The lowest BCUT2D eigenvalue weighted by Gasteiger charge is -2.34. The number of hydrogen-bond acceptors (Lipinski definition) is 5. The van der Waals surface area contributed by atoms with Crippen LogP contribution < -0.4 is 14.2 Å². The molecule has 3 aliphatic heterocycles. The summed E-state index contributed by atoms with van der Waals surface area (Å²) in [6, 6.07) is 15.5. The number of nitrogens with zero attached hydrogens (tertiary/aromatic N) is 1. The van der Waals surface area contributed by atoms with Gasteiger partial charge >= 0.3 is 0 Å². The van der Waals surface area contributed by atoms with E-state index in [1.165, 1.54) is 0 Å². The van der Waals surface area contributed by atoms with Gasteiger partial charge in [-0.2, -0.15) is 0 Å². The summed E-state index contributed by atoms with van der Waals surface area (Å²) in [5.41, 5.74) is 0.259. The van der Waals surface area contributed by atoms with E-state index in [2.05, 4.69) is 6.92 Å². The third-order valence-corrected chi connectivity index (χ3v) is 5.62. The number of carbonyl (C=O) groups excluding carboxylic acids is 1. The first-order valence-electron chi connectivity index (χ1n) is 9.24. The smallest absolute Gasteiger partial charge is 0.261 e. The monoisotopic (exact) mass is 367 g/mol. The van der Waals surface area contributed by atoms with Crippen LogP contribution in [0.5, 0.6) is 17.2 Å². The van der Waals surface area contributed by atoms with Crippen LogP contribution in [0.25, 0.3) is 0 Å². The molecule has 1 amide bonds. The molecule has 27 heavy (non-hydrogen) atoms. The molecule has 6 nitrogen and oxygen atoms in total. The standard InChI is InChI=1S/C21H21NO5/c1-14(15-5-3-2-4-6-15)22-10-9-19-21(27-19,20(22)23)12-24-16-7-8-17-18(11-16)26-13-25-17/h2-8,11,14,19H,9-10,12-13H2,1H3/t14-,19+,21+/m0/s1. The van der Waals surface area contributed by atoms with Gasteiger partial charge in [-0.25, -0.2) is 0 Å². The maximum Gasteiger partial charge on any atom is 0.261 e. The Morgan fingerprint density at radius 1 is 1.19 bits per heavy atom.